The summed E-state index contributed by atoms with van der Waals surface area (Å²) < 4.78 is 0. The standard InChI is InChI=1S/C17H18N6O3/c24-14(13-9-19-23(22-13)12-4-2-1-3-5-12)18-10-17(8-11-6-7-11)15(25)20-16(26)21-17/h1-5,9,11H,6-8,10H2,(H,18,24)(H2,20,21,25,26). The number of nitrogens with zero attached hydrogens (tertiary/aromatic N) is 3. The molecular formula is C17H18N6O3. The van der Waals surface area contributed by atoms with Crippen LogP contribution in [0.3, 0.4) is 0 Å². The Balaban J connectivity index is 1.45. The van der Waals surface area contributed by atoms with Crippen molar-refractivity contribution < 1.29 is 14.4 Å². The molecule has 134 valence electrons. The number of hydrogen-bond donors (Lipinski definition) is 3. The van der Waals surface area contributed by atoms with Crippen LogP contribution in [0.5, 0.6) is 0 Å². The molecule has 26 heavy (non-hydrogen) atoms. The molecule has 9 heteroatoms. The summed E-state index contributed by atoms with van der Waals surface area (Å²) in [7, 11) is 0. The molecule has 0 bridgehead atoms. The van der Waals surface area contributed by atoms with Crippen molar-refractivity contribution >= 4 is 17.8 Å². The van der Waals surface area contributed by atoms with Crippen molar-refractivity contribution in [3.8, 4) is 5.69 Å². The lowest BCUT2D eigenvalue weighted by atomic mass is 9.92. The molecule has 3 N–H and O–H groups in total. The third-order valence-corrected chi connectivity index (χ3v) is 4.61. The van der Waals surface area contributed by atoms with Gasteiger partial charge in [-0.3, -0.25) is 14.9 Å². The Morgan fingerprint density at radius 3 is 2.69 bits per heavy atom. The molecule has 1 aromatic heterocycles. The Hall–Kier alpha value is -3.23. The Morgan fingerprint density at radius 1 is 1.27 bits per heavy atom. The van der Waals surface area contributed by atoms with E-state index in [1.165, 1.54) is 11.0 Å². The number of carbonyl (C=O) groups excluding carboxylic acids is 3. The summed E-state index contributed by atoms with van der Waals surface area (Å²) in [6.45, 7) is 0.0120. The molecule has 1 atom stereocenters. The van der Waals surface area contributed by atoms with E-state index in [0.717, 1.165) is 18.5 Å². The van der Waals surface area contributed by atoms with E-state index in [1.54, 1.807) is 0 Å². The minimum absolute atomic E-state index is 0.0120. The molecule has 1 saturated carbocycles. The highest BCUT2D eigenvalue weighted by atomic mass is 16.2. The number of hydrogen-bond acceptors (Lipinski definition) is 5. The maximum atomic E-state index is 12.4. The lowest BCUT2D eigenvalue weighted by molar-refractivity contribution is -0.124. The van der Waals surface area contributed by atoms with Crippen molar-refractivity contribution in [1.82, 2.24) is 30.9 Å². The molecule has 0 radical (unpaired) electrons. The highest BCUT2D eigenvalue weighted by Gasteiger charge is 2.49. The summed E-state index contributed by atoms with van der Waals surface area (Å²) in [5, 5.41) is 15.9. The molecule has 1 aliphatic carbocycles. The van der Waals surface area contributed by atoms with Crippen LogP contribution >= 0.6 is 0 Å². The van der Waals surface area contributed by atoms with E-state index in [-0.39, 0.29) is 12.2 Å². The van der Waals surface area contributed by atoms with Gasteiger partial charge in [0.2, 0.25) is 0 Å². The molecule has 2 heterocycles. The molecule has 4 amide bonds. The van der Waals surface area contributed by atoms with E-state index in [9.17, 15) is 14.4 Å². The first kappa shape index (κ1) is 16.2. The van der Waals surface area contributed by atoms with Crippen molar-refractivity contribution in [2.45, 2.75) is 24.8 Å². The number of benzene rings is 1. The van der Waals surface area contributed by atoms with E-state index in [4.69, 9.17) is 0 Å². The second-order valence-electron chi connectivity index (χ2n) is 6.68. The Labute approximate surface area is 149 Å². The van der Waals surface area contributed by atoms with Crippen LogP contribution in [0.15, 0.2) is 36.5 Å². The molecular weight excluding hydrogens is 336 g/mol. The van der Waals surface area contributed by atoms with Crippen LogP contribution < -0.4 is 16.0 Å². The van der Waals surface area contributed by atoms with Crippen molar-refractivity contribution in [2.24, 2.45) is 5.92 Å². The summed E-state index contributed by atoms with van der Waals surface area (Å²) in [6, 6.07) is 8.69. The number of aromatic nitrogens is 3. The van der Waals surface area contributed by atoms with Crippen molar-refractivity contribution in [3.63, 3.8) is 0 Å². The third kappa shape index (κ3) is 3.15. The van der Waals surface area contributed by atoms with Crippen LogP contribution in [-0.2, 0) is 4.79 Å². The van der Waals surface area contributed by atoms with Crippen molar-refractivity contribution in [1.29, 1.82) is 0 Å². The van der Waals surface area contributed by atoms with E-state index in [0.29, 0.717) is 12.3 Å². The fraction of sp³-hybridized carbons (Fsp3) is 0.353. The molecule has 1 aromatic carbocycles. The minimum atomic E-state index is -1.09. The molecule has 1 saturated heterocycles. The van der Waals surface area contributed by atoms with Gasteiger partial charge in [0.15, 0.2) is 5.69 Å². The molecule has 4 rings (SSSR count). The number of carbonyl (C=O) groups is 3. The van der Waals surface area contributed by atoms with Gasteiger partial charge in [0.05, 0.1) is 18.4 Å². The molecule has 1 unspecified atom stereocenters. The number of urea groups is 1. The molecule has 0 spiro atoms. The average molecular weight is 354 g/mol. The van der Waals surface area contributed by atoms with Crippen LogP contribution in [0, 0.1) is 5.92 Å². The largest absolute Gasteiger partial charge is 0.348 e. The van der Waals surface area contributed by atoms with E-state index < -0.39 is 23.4 Å². The van der Waals surface area contributed by atoms with Gasteiger partial charge in [-0.05, 0) is 24.5 Å². The molecule has 2 aromatic rings. The monoisotopic (exact) mass is 354 g/mol. The molecule has 2 aliphatic rings. The summed E-state index contributed by atoms with van der Waals surface area (Å²) in [5.74, 6) is -0.450. The second-order valence-corrected chi connectivity index (χ2v) is 6.68. The first-order chi connectivity index (χ1) is 12.6. The fourth-order valence-electron chi connectivity index (χ4n) is 3.06. The minimum Gasteiger partial charge on any atom is -0.348 e. The lowest BCUT2D eigenvalue weighted by Crippen LogP contribution is -2.55. The Kier molecular flexibility index (Phi) is 3.90. The Morgan fingerprint density at radius 2 is 2.04 bits per heavy atom. The zero-order valence-corrected chi connectivity index (χ0v) is 13.9. The summed E-state index contributed by atoms with van der Waals surface area (Å²) >= 11 is 0. The smallest absolute Gasteiger partial charge is 0.322 e. The van der Waals surface area contributed by atoms with Gasteiger partial charge in [-0.15, -0.1) is 5.10 Å². The van der Waals surface area contributed by atoms with E-state index >= 15 is 0 Å². The summed E-state index contributed by atoms with van der Waals surface area (Å²) in [6.07, 6.45) is 3.94. The zero-order valence-electron chi connectivity index (χ0n) is 13.9. The van der Waals surface area contributed by atoms with E-state index in [1.807, 2.05) is 30.3 Å². The number of para-hydroxylation sites is 1. The summed E-state index contributed by atoms with van der Waals surface area (Å²) in [5.41, 5.74) is -0.220. The fourth-order valence-corrected chi connectivity index (χ4v) is 3.06. The van der Waals surface area contributed by atoms with Gasteiger partial charge in [-0.1, -0.05) is 31.0 Å². The first-order valence-corrected chi connectivity index (χ1v) is 8.45. The highest BCUT2D eigenvalue weighted by molar-refractivity contribution is 6.07. The van der Waals surface area contributed by atoms with Crippen molar-refractivity contribution in [3.05, 3.63) is 42.2 Å². The van der Waals surface area contributed by atoms with Gasteiger partial charge in [-0.2, -0.15) is 9.90 Å². The van der Waals surface area contributed by atoms with Gasteiger partial charge >= 0.3 is 6.03 Å². The topological polar surface area (TPSA) is 118 Å². The van der Waals surface area contributed by atoms with Crippen LogP contribution in [0.2, 0.25) is 0 Å². The first-order valence-electron chi connectivity index (χ1n) is 8.45. The van der Waals surface area contributed by atoms with Crippen LogP contribution in [0.25, 0.3) is 5.69 Å². The van der Waals surface area contributed by atoms with Crippen LogP contribution in [0.4, 0.5) is 4.79 Å². The highest BCUT2D eigenvalue weighted by Crippen LogP contribution is 2.37. The van der Waals surface area contributed by atoms with Gasteiger partial charge in [0.25, 0.3) is 11.8 Å². The zero-order chi connectivity index (χ0) is 18.1. The predicted molar refractivity (Wildman–Crippen MR) is 90.4 cm³/mol. The molecule has 9 nitrogen and oxygen atoms in total. The van der Waals surface area contributed by atoms with E-state index in [2.05, 4.69) is 26.1 Å². The van der Waals surface area contributed by atoms with Gasteiger partial charge in [-0.25, -0.2) is 4.79 Å². The molecule has 2 fully saturated rings. The quantitative estimate of drug-likeness (QED) is 0.648. The third-order valence-electron chi connectivity index (χ3n) is 4.61. The van der Waals surface area contributed by atoms with Crippen LogP contribution in [0.1, 0.15) is 29.8 Å². The maximum Gasteiger partial charge on any atom is 0.322 e. The van der Waals surface area contributed by atoms with Gasteiger partial charge in [0, 0.05) is 0 Å². The van der Waals surface area contributed by atoms with Gasteiger partial charge in [0.1, 0.15) is 5.54 Å². The number of rotatable bonds is 6. The van der Waals surface area contributed by atoms with Crippen molar-refractivity contribution in [2.75, 3.05) is 6.54 Å². The van der Waals surface area contributed by atoms with Gasteiger partial charge < -0.3 is 10.6 Å². The number of imide groups is 1. The summed E-state index contributed by atoms with van der Waals surface area (Å²) in [4.78, 5) is 37.6. The number of nitrogens with one attached hydrogen (secondary N) is 3. The SMILES string of the molecule is O=C1NC(=O)C(CNC(=O)c2cnn(-c3ccccc3)n2)(CC2CC2)N1. The second kappa shape index (κ2) is 6.25. The molecule has 1 aliphatic heterocycles. The predicted octanol–water partition coefficient (Wildman–Crippen LogP) is 0.375. The maximum absolute atomic E-state index is 12.4. The normalized spacial score (nSPS) is 22.0. The van der Waals surface area contributed by atoms with Crippen LogP contribution in [-0.4, -0.2) is 44.9 Å². The average Bonchev–Trinajstić information content (AvgIpc) is 3.21. The lowest BCUT2D eigenvalue weighted by Gasteiger charge is -2.26. The Bertz CT molecular complexity index is 860. The number of amides is 4.